The van der Waals surface area contributed by atoms with Crippen molar-refractivity contribution in [2.75, 3.05) is 20.0 Å². The van der Waals surface area contributed by atoms with Crippen molar-refractivity contribution >= 4 is 23.9 Å². The van der Waals surface area contributed by atoms with Gasteiger partial charge in [-0.1, -0.05) is 60.3 Å². The van der Waals surface area contributed by atoms with Crippen LogP contribution >= 0.6 is 11.8 Å². The van der Waals surface area contributed by atoms with E-state index < -0.39 is 0 Å². The maximum absolute atomic E-state index is 12.4. The smallest absolute Gasteiger partial charge is 0.250 e. The fourth-order valence-electron chi connectivity index (χ4n) is 3.22. The molecule has 0 bridgehead atoms. The highest BCUT2D eigenvalue weighted by Crippen LogP contribution is 2.28. The predicted octanol–water partition coefficient (Wildman–Crippen LogP) is 4.19. The van der Waals surface area contributed by atoms with Crippen molar-refractivity contribution in [3.8, 4) is 28.6 Å². The number of thioether (sulfide) groups is 1. The molecule has 0 atom stereocenters. The zero-order valence-electron chi connectivity index (χ0n) is 18.7. The minimum atomic E-state index is -0.259. The van der Waals surface area contributed by atoms with Crippen LogP contribution in [0, 0.1) is 0 Å². The molecule has 1 heterocycles. The largest absolute Gasteiger partial charge is 0.493 e. The number of methoxy groups -OCH3 is 2. The van der Waals surface area contributed by atoms with Gasteiger partial charge in [0.05, 0.1) is 26.2 Å². The molecule has 3 aromatic carbocycles. The molecular weight excluding hydrogens is 450 g/mol. The third-order valence-corrected chi connectivity index (χ3v) is 5.75. The van der Waals surface area contributed by atoms with Crippen LogP contribution in [0.3, 0.4) is 0 Å². The van der Waals surface area contributed by atoms with Gasteiger partial charge in [0.2, 0.25) is 0 Å². The number of carbonyl (C=O) groups excluding carboxylic acids is 1. The van der Waals surface area contributed by atoms with Gasteiger partial charge in [0.1, 0.15) is 0 Å². The van der Waals surface area contributed by atoms with Gasteiger partial charge in [-0.15, -0.1) is 10.2 Å². The van der Waals surface area contributed by atoms with Crippen LogP contribution < -0.4 is 14.9 Å². The molecule has 1 amide bonds. The summed E-state index contributed by atoms with van der Waals surface area (Å²) in [5.74, 6) is 1.79. The maximum Gasteiger partial charge on any atom is 0.250 e. The number of carbonyl (C=O) groups is 1. The highest BCUT2D eigenvalue weighted by molar-refractivity contribution is 7.99. The van der Waals surface area contributed by atoms with E-state index in [4.69, 9.17) is 9.47 Å². The molecule has 172 valence electrons. The second-order valence-electron chi connectivity index (χ2n) is 7.04. The number of amides is 1. The van der Waals surface area contributed by atoms with E-state index >= 15 is 0 Å². The van der Waals surface area contributed by atoms with Crippen LogP contribution in [0.4, 0.5) is 0 Å². The van der Waals surface area contributed by atoms with Gasteiger partial charge in [0.15, 0.2) is 22.5 Å². The van der Waals surface area contributed by atoms with Crippen molar-refractivity contribution in [3.05, 3.63) is 84.4 Å². The number of hydrazone groups is 1. The topological polar surface area (TPSA) is 90.6 Å². The third kappa shape index (κ3) is 5.44. The summed E-state index contributed by atoms with van der Waals surface area (Å²) in [5.41, 5.74) is 5.17. The Kier molecular flexibility index (Phi) is 7.56. The number of ether oxygens (including phenoxy) is 2. The Hall–Kier alpha value is -4.11. The molecular formula is C25H23N5O3S. The van der Waals surface area contributed by atoms with Crippen molar-refractivity contribution < 1.29 is 14.3 Å². The Morgan fingerprint density at radius 1 is 0.971 bits per heavy atom. The first-order valence-corrected chi connectivity index (χ1v) is 11.4. The number of nitrogens with zero attached hydrogens (tertiary/aromatic N) is 4. The fourth-order valence-corrected chi connectivity index (χ4v) is 3.97. The Morgan fingerprint density at radius 2 is 1.68 bits per heavy atom. The van der Waals surface area contributed by atoms with Crippen LogP contribution in [0.25, 0.3) is 17.1 Å². The van der Waals surface area contributed by atoms with Crippen molar-refractivity contribution in [3.63, 3.8) is 0 Å². The van der Waals surface area contributed by atoms with Crippen LogP contribution in [-0.2, 0) is 4.79 Å². The number of hydrogen-bond acceptors (Lipinski definition) is 7. The SMILES string of the molecule is COc1ccc(C=NNC(=O)CSc2nnc(-c3ccccc3)n2-c2ccccc2)cc1OC. The number of rotatable bonds is 9. The normalized spacial score (nSPS) is 10.9. The van der Waals surface area contributed by atoms with E-state index in [2.05, 4.69) is 20.7 Å². The quantitative estimate of drug-likeness (QED) is 0.223. The Morgan fingerprint density at radius 3 is 2.38 bits per heavy atom. The number of para-hydroxylation sites is 1. The molecule has 0 aliphatic carbocycles. The van der Waals surface area contributed by atoms with Gasteiger partial charge >= 0.3 is 0 Å². The van der Waals surface area contributed by atoms with Crippen molar-refractivity contribution in [1.82, 2.24) is 20.2 Å². The van der Waals surface area contributed by atoms with E-state index in [1.807, 2.05) is 71.3 Å². The van der Waals surface area contributed by atoms with Crippen molar-refractivity contribution in [2.45, 2.75) is 5.16 Å². The van der Waals surface area contributed by atoms with Gasteiger partial charge in [-0.3, -0.25) is 9.36 Å². The predicted molar refractivity (Wildman–Crippen MR) is 133 cm³/mol. The Labute approximate surface area is 201 Å². The molecule has 1 N–H and O–H groups in total. The molecule has 0 saturated carbocycles. The minimum Gasteiger partial charge on any atom is -0.493 e. The van der Waals surface area contributed by atoms with E-state index in [1.165, 1.54) is 11.8 Å². The summed E-state index contributed by atoms with van der Waals surface area (Å²) in [6, 6.07) is 25.0. The molecule has 0 fully saturated rings. The first-order valence-electron chi connectivity index (χ1n) is 10.4. The van der Waals surface area contributed by atoms with Gasteiger partial charge in [-0.05, 0) is 35.9 Å². The summed E-state index contributed by atoms with van der Waals surface area (Å²) in [6.07, 6.45) is 1.55. The monoisotopic (exact) mass is 473 g/mol. The van der Waals surface area contributed by atoms with Crippen LogP contribution in [0.2, 0.25) is 0 Å². The number of aromatic nitrogens is 3. The zero-order valence-corrected chi connectivity index (χ0v) is 19.5. The molecule has 0 aliphatic heterocycles. The molecule has 0 unspecified atom stereocenters. The first kappa shape index (κ1) is 23.1. The maximum atomic E-state index is 12.4. The van der Waals surface area contributed by atoms with Crippen LogP contribution in [0.15, 0.2) is 89.1 Å². The summed E-state index contributed by atoms with van der Waals surface area (Å²) < 4.78 is 12.4. The fraction of sp³-hybridized carbons (Fsp3) is 0.120. The summed E-state index contributed by atoms with van der Waals surface area (Å²) >= 11 is 1.29. The highest BCUT2D eigenvalue weighted by Gasteiger charge is 2.17. The first-order chi connectivity index (χ1) is 16.7. The highest BCUT2D eigenvalue weighted by atomic mass is 32.2. The van der Waals surface area contributed by atoms with Crippen LogP contribution in [0.5, 0.6) is 11.5 Å². The molecule has 0 radical (unpaired) electrons. The minimum absolute atomic E-state index is 0.128. The van der Waals surface area contributed by atoms with E-state index in [-0.39, 0.29) is 11.7 Å². The number of benzene rings is 3. The van der Waals surface area contributed by atoms with Gasteiger partial charge in [-0.2, -0.15) is 5.10 Å². The third-order valence-electron chi connectivity index (χ3n) is 4.82. The molecule has 0 saturated heterocycles. The lowest BCUT2D eigenvalue weighted by Gasteiger charge is -2.10. The molecule has 1 aromatic heterocycles. The number of nitrogens with one attached hydrogen (secondary N) is 1. The zero-order chi connectivity index (χ0) is 23.8. The van der Waals surface area contributed by atoms with Crippen molar-refractivity contribution in [1.29, 1.82) is 0 Å². The number of hydrogen-bond donors (Lipinski definition) is 1. The Balaban J connectivity index is 1.45. The summed E-state index contributed by atoms with van der Waals surface area (Å²) in [6.45, 7) is 0. The standard InChI is InChI=1S/C25H23N5O3S/c1-32-21-14-13-18(15-22(21)33-2)16-26-27-23(31)17-34-25-29-28-24(19-9-5-3-6-10-19)30(25)20-11-7-4-8-12-20/h3-16H,17H2,1-2H3,(H,27,31). The average Bonchev–Trinajstić information content (AvgIpc) is 3.32. The van der Waals surface area contributed by atoms with Gasteiger partial charge in [-0.25, -0.2) is 5.43 Å². The summed E-state index contributed by atoms with van der Waals surface area (Å²) in [4.78, 5) is 12.4. The second-order valence-corrected chi connectivity index (χ2v) is 7.98. The lowest BCUT2D eigenvalue weighted by atomic mass is 10.2. The Bertz CT molecular complexity index is 1280. The van der Waals surface area contributed by atoms with E-state index in [0.717, 1.165) is 16.8 Å². The second kappa shape index (κ2) is 11.2. The van der Waals surface area contributed by atoms with E-state index in [1.54, 1.807) is 32.6 Å². The van der Waals surface area contributed by atoms with Gasteiger partial charge in [0.25, 0.3) is 5.91 Å². The van der Waals surface area contributed by atoms with E-state index in [9.17, 15) is 4.79 Å². The van der Waals surface area contributed by atoms with Crippen LogP contribution in [0.1, 0.15) is 5.56 Å². The average molecular weight is 474 g/mol. The summed E-state index contributed by atoms with van der Waals surface area (Å²) in [7, 11) is 3.14. The molecule has 4 aromatic rings. The lowest BCUT2D eigenvalue weighted by molar-refractivity contribution is -0.118. The molecule has 34 heavy (non-hydrogen) atoms. The molecule has 8 nitrogen and oxygen atoms in total. The van der Waals surface area contributed by atoms with Crippen molar-refractivity contribution in [2.24, 2.45) is 5.10 Å². The van der Waals surface area contributed by atoms with Gasteiger partial charge in [0, 0.05) is 11.3 Å². The molecule has 4 rings (SSSR count). The molecule has 0 spiro atoms. The molecule has 9 heteroatoms. The summed E-state index contributed by atoms with van der Waals surface area (Å²) in [5, 5.41) is 13.4. The molecule has 0 aliphatic rings. The lowest BCUT2D eigenvalue weighted by Crippen LogP contribution is -2.20. The van der Waals surface area contributed by atoms with E-state index in [0.29, 0.717) is 22.5 Å². The van der Waals surface area contributed by atoms with Crippen LogP contribution in [-0.4, -0.2) is 46.9 Å². The van der Waals surface area contributed by atoms with Gasteiger partial charge < -0.3 is 9.47 Å².